The first kappa shape index (κ1) is 23.5. The molecule has 190 valence electrons. The lowest BCUT2D eigenvalue weighted by atomic mass is 9.73. The highest BCUT2D eigenvalue weighted by Crippen LogP contribution is 2.53. The van der Waals surface area contributed by atoms with E-state index in [2.05, 4.69) is 64.9 Å². The molecule has 0 aromatic heterocycles. The number of likely N-dealkylation sites (N-methyl/N-ethyl adjacent to an activating group) is 1. The van der Waals surface area contributed by atoms with Gasteiger partial charge in [0.1, 0.15) is 17.0 Å². The van der Waals surface area contributed by atoms with Gasteiger partial charge in [-0.25, -0.2) is 0 Å². The Morgan fingerprint density at radius 1 is 1.08 bits per heavy atom. The second kappa shape index (κ2) is 8.06. The van der Waals surface area contributed by atoms with E-state index < -0.39 is 5.60 Å². The van der Waals surface area contributed by atoms with Crippen molar-refractivity contribution in [3.05, 3.63) is 47.0 Å². The summed E-state index contributed by atoms with van der Waals surface area (Å²) in [6.45, 7) is 7.69. The summed E-state index contributed by atoms with van der Waals surface area (Å²) in [7, 11) is 6.18. The molecule has 1 saturated heterocycles. The zero-order chi connectivity index (χ0) is 25.3. The summed E-state index contributed by atoms with van der Waals surface area (Å²) in [5.74, 6) is 10.7. The van der Waals surface area contributed by atoms with Crippen LogP contribution in [0.2, 0.25) is 0 Å². The maximum atomic E-state index is 6.88. The maximum Gasteiger partial charge on any atom is 0.231 e. The summed E-state index contributed by atoms with van der Waals surface area (Å²) in [6, 6.07) is 10.3. The maximum absolute atomic E-state index is 6.88. The number of hydrogen-bond donors (Lipinski definition) is 0. The second-order valence-corrected chi connectivity index (χ2v) is 11.8. The summed E-state index contributed by atoms with van der Waals surface area (Å²) in [5, 5.41) is 0. The second-order valence-electron chi connectivity index (χ2n) is 11.8. The van der Waals surface area contributed by atoms with E-state index >= 15 is 0 Å². The normalized spacial score (nSPS) is 30.6. The molecule has 2 aromatic rings. The first-order valence-corrected chi connectivity index (χ1v) is 12.9. The molecule has 2 aromatic carbocycles. The van der Waals surface area contributed by atoms with Crippen molar-refractivity contribution >= 4 is 0 Å². The minimum atomic E-state index is -0.553. The Hall–Kier alpha value is -2.88. The Morgan fingerprint density at radius 3 is 2.69 bits per heavy atom. The molecule has 4 unspecified atom stereocenters. The zero-order valence-corrected chi connectivity index (χ0v) is 22.1. The molecule has 4 aliphatic rings. The third-order valence-corrected chi connectivity index (χ3v) is 8.53. The highest BCUT2D eigenvalue weighted by Gasteiger charge is 2.50. The fourth-order valence-corrected chi connectivity index (χ4v) is 6.40. The van der Waals surface area contributed by atoms with Crippen molar-refractivity contribution in [2.45, 2.75) is 63.4 Å². The van der Waals surface area contributed by atoms with Crippen molar-refractivity contribution in [1.82, 2.24) is 0 Å². The molecule has 0 amide bonds. The summed E-state index contributed by atoms with van der Waals surface area (Å²) < 4.78 is 31.4. The van der Waals surface area contributed by atoms with E-state index in [1.807, 2.05) is 12.1 Å². The Labute approximate surface area is 214 Å². The monoisotopic (exact) mass is 490 g/mol. The van der Waals surface area contributed by atoms with Crippen LogP contribution in [0, 0.1) is 17.8 Å². The quantitative estimate of drug-likeness (QED) is 0.406. The van der Waals surface area contributed by atoms with Crippen LogP contribution in [0.25, 0.3) is 0 Å². The average molecular weight is 491 g/mol. The number of benzene rings is 2. The summed E-state index contributed by atoms with van der Waals surface area (Å²) in [4.78, 5) is 0. The molecule has 36 heavy (non-hydrogen) atoms. The van der Waals surface area contributed by atoms with Crippen molar-refractivity contribution < 1.29 is 28.2 Å². The van der Waals surface area contributed by atoms with Gasteiger partial charge in [0.2, 0.25) is 12.5 Å². The molecule has 0 radical (unpaired) electrons. The van der Waals surface area contributed by atoms with E-state index in [1.54, 1.807) is 7.11 Å². The summed E-state index contributed by atoms with van der Waals surface area (Å²) in [5.41, 5.74) is 2.62. The van der Waals surface area contributed by atoms with Gasteiger partial charge in [-0.3, -0.25) is 0 Å². The molecule has 6 rings (SSSR count). The highest BCUT2D eigenvalue weighted by atomic mass is 16.7. The van der Waals surface area contributed by atoms with Crippen LogP contribution in [0.4, 0.5) is 0 Å². The SMILES string of the molecule is COc1c2c(cc3c1C(C#CC1(C)CCC4C(O1)c1ccccc1OC4(C)C)[N+](C)(C)CC3)OCO2. The van der Waals surface area contributed by atoms with Gasteiger partial charge in [-0.15, -0.1) is 0 Å². The third-order valence-electron chi connectivity index (χ3n) is 8.53. The molecule has 4 aliphatic heterocycles. The molecule has 6 heteroatoms. The lowest BCUT2D eigenvalue weighted by Gasteiger charge is -2.50. The van der Waals surface area contributed by atoms with Crippen LogP contribution in [-0.2, 0) is 11.2 Å². The van der Waals surface area contributed by atoms with Crippen molar-refractivity contribution in [2.24, 2.45) is 5.92 Å². The van der Waals surface area contributed by atoms with Crippen LogP contribution in [0.15, 0.2) is 30.3 Å². The lowest BCUT2D eigenvalue weighted by molar-refractivity contribution is -0.914. The molecule has 0 N–H and O–H groups in total. The van der Waals surface area contributed by atoms with E-state index in [9.17, 15) is 0 Å². The van der Waals surface area contributed by atoms with Gasteiger partial charge in [-0.1, -0.05) is 24.1 Å². The molecule has 4 heterocycles. The van der Waals surface area contributed by atoms with Gasteiger partial charge in [0.25, 0.3) is 0 Å². The molecule has 0 aliphatic carbocycles. The van der Waals surface area contributed by atoms with Gasteiger partial charge in [0.15, 0.2) is 17.5 Å². The molecule has 6 nitrogen and oxygen atoms in total. The predicted octanol–water partition coefficient (Wildman–Crippen LogP) is 5.20. The number of methoxy groups -OCH3 is 1. The first-order valence-electron chi connectivity index (χ1n) is 12.9. The van der Waals surface area contributed by atoms with Crippen molar-refractivity contribution in [3.8, 4) is 34.8 Å². The topological polar surface area (TPSA) is 46.2 Å². The third kappa shape index (κ3) is 3.64. The van der Waals surface area contributed by atoms with Gasteiger partial charge in [-0.2, -0.15) is 0 Å². The van der Waals surface area contributed by atoms with Crippen molar-refractivity contribution in [1.29, 1.82) is 0 Å². The lowest BCUT2D eigenvalue weighted by Crippen LogP contribution is -2.51. The van der Waals surface area contributed by atoms with Crippen molar-refractivity contribution in [2.75, 3.05) is 34.5 Å². The fourth-order valence-electron chi connectivity index (χ4n) is 6.40. The van der Waals surface area contributed by atoms with Gasteiger partial charge < -0.3 is 28.2 Å². The van der Waals surface area contributed by atoms with Crippen LogP contribution in [-0.4, -0.2) is 50.2 Å². The highest BCUT2D eigenvalue weighted by molar-refractivity contribution is 5.62. The molecule has 4 atom stereocenters. The molecular formula is C30H36NO5+. The van der Waals surface area contributed by atoms with Crippen LogP contribution >= 0.6 is 0 Å². The van der Waals surface area contributed by atoms with E-state index in [0.29, 0.717) is 5.75 Å². The number of nitrogens with zero attached hydrogens (tertiary/aromatic N) is 1. The summed E-state index contributed by atoms with van der Waals surface area (Å²) >= 11 is 0. The largest absolute Gasteiger partial charge is 0.492 e. The zero-order valence-electron chi connectivity index (χ0n) is 22.1. The smallest absolute Gasteiger partial charge is 0.231 e. The van der Waals surface area contributed by atoms with E-state index in [0.717, 1.165) is 58.7 Å². The predicted molar refractivity (Wildman–Crippen MR) is 136 cm³/mol. The summed E-state index contributed by atoms with van der Waals surface area (Å²) in [6.07, 6.45) is 2.76. The van der Waals surface area contributed by atoms with Gasteiger partial charge in [0, 0.05) is 17.9 Å². The number of para-hydroxylation sites is 1. The molecule has 0 saturated carbocycles. The number of fused-ring (bicyclic) bond motifs is 5. The number of quaternary nitrogens is 1. The van der Waals surface area contributed by atoms with E-state index in [-0.39, 0.29) is 30.5 Å². The minimum Gasteiger partial charge on any atom is -0.492 e. The Bertz CT molecular complexity index is 1270. The molecule has 1 fully saturated rings. The Balaban J connectivity index is 1.38. The van der Waals surface area contributed by atoms with Crippen LogP contribution in [0.1, 0.15) is 62.4 Å². The van der Waals surface area contributed by atoms with Crippen LogP contribution < -0.4 is 18.9 Å². The van der Waals surface area contributed by atoms with Gasteiger partial charge >= 0.3 is 0 Å². The first-order chi connectivity index (χ1) is 17.1. The standard InChI is InChI=1S/C30H36NO5/c1-29(2)21-11-14-30(3,36-26(21)20-9-7-8-10-23(20)35-29)15-12-22-25-19(13-16-31(22,4)5)17-24-27(28(25)32-6)34-18-33-24/h7-10,17,21-22,26H,11,13-14,16,18H2,1-6H3/q+1. The Morgan fingerprint density at radius 2 is 1.89 bits per heavy atom. The number of ether oxygens (including phenoxy) is 5. The molecule has 0 spiro atoms. The Kier molecular flexibility index (Phi) is 5.27. The van der Waals surface area contributed by atoms with E-state index in [1.165, 1.54) is 5.56 Å². The van der Waals surface area contributed by atoms with E-state index in [4.69, 9.17) is 23.7 Å². The molecular weight excluding hydrogens is 454 g/mol. The number of hydrogen-bond acceptors (Lipinski definition) is 5. The molecule has 0 bridgehead atoms. The number of rotatable bonds is 1. The fraction of sp³-hybridized carbons (Fsp3) is 0.533. The van der Waals surface area contributed by atoms with Crippen LogP contribution in [0.3, 0.4) is 0 Å². The average Bonchev–Trinajstić information content (AvgIpc) is 3.30. The van der Waals surface area contributed by atoms with Crippen molar-refractivity contribution in [3.63, 3.8) is 0 Å². The minimum absolute atomic E-state index is 0.0394. The van der Waals surface area contributed by atoms with Gasteiger partial charge in [0.05, 0.1) is 39.4 Å². The van der Waals surface area contributed by atoms with Gasteiger partial charge in [-0.05, 0) is 57.2 Å². The van der Waals surface area contributed by atoms with Crippen LogP contribution in [0.5, 0.6) is 23.0 Å².